The highest BCUT2D eigenvalue weighted by atomic mass is 14.9. The molecule has 0 bridgehead atoms. The molecule has 1 N–H and O–H groups in total. The first-order valence-electron chi connectivity index (χ1n) is 7.12. The van der Waals surface area contributed by atoms with Gasteiger partial charge in [0, 0.05) is 12.6 Å². The van der Waals surface area contributed by atoms with E-state index in [1.165, 1.54) is 40.7 Å². The Labute approximate surface area is 115 Å². The molecule has 2 aromatic carbocycles. The minimum atomic E-state index is 0.777. The Morgan fingerprint density at radius 1 is 1.00 bits per heavy atom. The zero-order valence-electron chi connectivity index (χ0n) is 11.7. The lowest BCUT2D eigenvalue weighted by atomic mass is 9.97. The van der Waals surface area contributed by atoms with Crippen molar-refractivity contribution < 1.29 is 0 Å². The highest BCUT2D eigenvalue weighted by molar-refractivity contribution is 5.68. The number of hydrogen-bond donors (Lipinski definition) is 1. The second-order valence-electron chi connectivity index (χ2n) is 5.67. The molecule has 2 aromatic rings. The Bertz CT molecular complexity index is 565. The Balaban J connectivity index is 1.78. The zero-order valence-corrected chi connectivity index (χ0v) is 11.7. The van der Waals surface area contributed by atoms with Gasteiger partial charge in [0.15, 0.2) is 0 Å². The van der Waals surface area contributed by atoms with Gasteiger partial charge in [-0.1, -0.05) is 48.0 Å². The van der Waals surface area contributed by atoms with E-state index in [1.807, 2.05) is 0 Å². The average Bonchev–Trinajstić information content (AvgIpc) is 3.24. The van der Waals surface area contributed by atoms with E-state index in [9.17, 15) is 0 Å². The maximum Gasteiger partial charge on any atom is 0.0208 e. The quantitative estimate of drug-likeness (QED) is 0.857. The van der Waals surface area contributed by atoms with Crippen molar-refractivity contribution in [1.29, 1.82) is 0 Å². The molecule has 0 spiro atoms. The largest absolute Gasteiger partial charge is 0.310 e. The van der Waals surface area contributed by atoms with Crippen LogP contribution in [0.4, 0.5) is 0 Å². The van der Waals surface area contributed by atoms with Crippen molar-refractivity contribution in [2.24, 2.45) is 0 Å². The van der Waals surface area contributed by atoms with Crippen LogP contribution in [-0.2, 0) is 6.54 Å². The van der Waals surface area contributed by atoms with Crippen LogP contribution in [0.5, 0.6) is 0 Å². The second-order valence-corrected chi connectivity index (χ2v) is 5.67. The van der Waals surface area contributed by atoms with Crippen molar-refractivity contribution in [3.8, 4) is 11.1 Å². The molecule has 1 nitrogen and oxygen atoms in total. The first-order chi connectivity index (χ1) is 9.22. The number of nitrogens with one attached hydrogen (secondary N) is 1. The highest BCUT2D eigenvalue weighted by Gasteiger charge is 2.19. The van der Waals surface area contributed by atoms with Crippen LogP contribution in [0.2, 0.25) is 0 Å². The van der Waals surface area contributed by atoms with Crippen LogP contribution in [0.3, 0.4) is 0 Å². The van der Waals surface area contributed by atoms with Gasteiger partial charge in [-0.15, -0.1) is 0 Å². The first-order valence-corrected chi connectivity index (χ1v) is 7.12. The lowest BCUT2D eigenvalue weighted by Crippen LogP contribution is -2.14. The molecule has 0 atom stereocenters. The summed E-state index contributed by atoms with van der Waals surface area (Å²) in [5.41, 5.74) is 6.70. The van der Waals surface area contributed by atoms with Crippen LogP contribution in [0.1, 0.15) is 29.5 Å². The van der Waals surface area contributed by atoms with E-state index in [-0.39, 0.29) is 0 Å². The number of rotatable bonds is 4. The van der Waals surface area contributed by atoms with Crippen molar-refractivity contribution >= 4 is 0 Å². The number of hydrogen-bond acceptors (Lipinski definition) is 1. The fourth-order valence-corrected chi connectivity index (χ4v) is 2.40. The zero-order chi connectivity index (χ0) is 13.2. The molecule has 0 radical (unpaired) electrons. The Morgan fingerprint density at radius 3 is 2.42 bits per heavy atom. The third-order valence-electron chi connectivity index (χ3n) is 3.83. The molecule has 0 aliphatic heterocycles. The molecule has 0 amide bonds. The molecule has 3 rings (SSSR count). The van der Waals surface area contributed by atoms with E-state index in [0.717, 1.165) is 12.6 Å². The first kappa shape index (κ1) is 12.4. The Kier molecular flexibility index (Phi) is 3.39. The summed E-state index contributed by atoms with van der Waals surface area (Å²) in [7, 11) is 0. The molecule has 19 heavy (non-hydrogen) atoms. The molecule has 1 aliphatic rings. The Hall–Kier alpha value is -1.60. The number of aryl methyl sites for hydroxylation is 2. The maximum atomic E-state index is 3.55. The van der Waals surface area contributed by atoms with Gasteiger partial charge in [-0.05, 0) is 48.9 Å². The van der Waals surface area contributed by atoms with Gasteiger partial charge in [-0.3, -0.25) is 0 Å². The SMILES string of the molecule is Cc1ccc(C)c(-c2ccc(CNC3CC3)cc2)c1. The van der Waals surface area contributed by atoms with Gasteiger partial charge in [0.2, 0.25) is 0 Å². The van der Waals surface area contributed by atoms with Crippen molar-refractivity contribution in [3.05, 3.63) is 59.2 Å². The average molecular weight is 251 g/mol. The lowest BCUT2D eigenvalue weighted by molar-refractivity contribution is 0.688. The summed E-state index contributed by atoms with van der Waals surface area (Å²) in [6, 6.07) is 16.4. The predicted octanol–water partition coefficient (Wildman–Crippen LogP) is 4.22. The van der Waals surface area contributed by atoms with E-state index in [4.69, 9.17) is 0 Å². The molecule has 98 valence electrons. The summed E-state index contributed by atoms with van der Waals surface area (Å²) in [6.45, 7) is 5.33. The predicted molar refractivity (Wildman–Crippen MR) is 81.2 cm³/mol. The highest BCUT2D eigenvalue weighted by Crippen LogP contribution is 2.25. The molecular formula is C18H21N. The van der Waals surface area contributed by atoms with Crippen LogP contribution >= 0.6 is 0 Å². The van der Waals surface area contributed by atoms with Gasteiger partial charge >= 0.3 is 0 Å². The van der Waals surface area contributed by atoms with E-state index >= 15 is 0 Å². The van der Waals surface area contributed by atoms with Gasteiger partial charge in [0.1, 0.15) is 0 Å². The smallest absolute Gasteiger partial charge is 0.0208 e. The molecule has 1 fully saturated rings. The lowest BCUT2D eigenvalue weighted by Gasteiger charge is -2.09. The fraction of sp³-hybridized carbons (Fsp3) is 0.333. The fourth-order valence-electron chi connectivity index (χ4n) is 2.40. The minimum absolute atomic E-state index is 0.777. The summed E-state index contributed by atoms with van der Waals surface area (Å²) < 4.78 is 0. The third kappa shape index (κ3) is 3.05. The summed E-state index contributed by atoms with van der Waals surface area (Å²) in [6.07, 6.45) is 2.70. The van der Waals surface area contributed by atoms with E-state index in [2.05, 4.69) is 61.6 Å². The molecule has 1 heteroatoms. The van der Waals surface area contributed by atoms with Crippen LogP contribution < -0.4 is 5.32 Å². The third-order valence-corrected chi connectivity index (χ3v) is 3.83. The van der Waals surface area contributed by atoms with Crippen molar-refractivity contribution in [2.75, 3.05) is 0 Å². The Morgan fingerprint density at radius 2 is 1.74 bits per heavy atom. The normalized spacial score (nSPS) is 14.6. The molecule has 0 heterocycles. The standard InChI is InChI=1S/C18H21N/c1-13-3-4-14(2)18(11-13)16-7-5-15(6-8-16)12-19-17-9-10-17/h3-8,11,17,19H,9-10,12H2,1-2H3. The van der Waals surface area contributed by atoms with Crippen LogP contribution in [0, 0.1) is 13.8 Å². The van der Waals surface area contributed by atoms with Gasteiger partial charge in [-0.25, -0.2) is 0 Å². The molecular weight excluding hydrogens is 230 g/mol. The van der Waals surface area contributed by atoms with Crippen LogP contribution in [0.15, 0.2) is 42.5 Å². The molecule has 1 aliphatic carbocycles. The molecule has 0 aromatic heterocycles. The molecule has 1 saturated carbocycles. The van der Waals surface area contributed by atoms with Crippen LogP contribution in [-0.4, -0.2) is 6.04 Å². The van der Waals surface area contributed by atoms with Gasteiger partial charge in [-0.2, -0.15) is 0 Å². The maximum absolute atomic E-state index is 3.55. The van der Waals surface area contributed by atoms with E-state index < -0.39 is 0 Å². The molecule has 0 saturated heterocycles. The number of benzene rings is 2. The van der Waals surface area contributed by atoms with Crippen LogP contribution in [0.25, 0.3) is 11.1 Å². The monoisotopic (exact) mass is 251 g/mol. The second kappa shape index (κ2) is 5.18. The van der Waals surface area contributed by atoms with E-state index in [1.54, 1.807) is 0 Å². The van der Waals surface area contributed by atoms with Crippen molar-refractivity contribution in [2.45, 2.75) is 39.3 Å². The minimum Gasteiger partial charge on any atom is -0.310 e. The topological polar surface area (TPSA) is 12.0 Å². The molecule has 0 unspecified atom stereocenters. The van der Waals surface area contributed by atoms with E-state index in [0.29, 0.717) is 0 Å². The summed E-state index contributed by atoms with van der Waals surface area (Å²) in [5, 5.41) is 3.55. The summed E-state index contributed by atoms with van der Waals surface area (Å²) in [4.78, 5) is 0. The van der Waals surface area contributed by atoms with Crippen molar-refractivity contribution in [3.63, 3.8) is 0 Å². The summed E-state index contributed by atoms with van der Waals surface area (Å²) in [5.74, 6) is 0. The van der Waals surface area contributed by atoms with Gasteiger partial charge < -0.3 is 5.32 Å². The van der Waals surface area contributed by atoms with Crippen molar-refractivity contribution in [1.82, 2.24) is 5.32 Å². The summed E-state index contributed by atoms with van der Waals surface area (Å²) >= 11 is 0. The van der Waals surface area contributed by atoms with Gasteiger partial charge in [0.25, 0.3) is 0 Å². The van der Waals surface area contributed by atoms with Gasteiger partial charge in [0.05, 0.1) is 0 Å².